The lowest BCUT2D eigenvalue weighted by Gasteiger charge is -2.27. The number of hydrazine groups is 1. The number of rotatable bonds is 2. The average Bonchev–Trinajstić information content (AvgIpc) is 2.09. The molecule has 0 aromatic carbocycles. The molecule has 1 rings (SSSR count). The lowest BCUT2D eigenvalue weighted by molar-refractivity contribution is 0.358. The van der Waals surface area contributed by atoms with Crippen molar-refractivity contribution < 1.29 is 13.0 Å². The Morgan fingerprint density at radius 3 is 2.73 bits per heavy atom. The summed E-state index contributed by atoms with van der Waals surface area (Å²) in [4.78, 5) is 7.55. The number of nitrogens with two attached hydrogens (primary N) is 1. The normalized spacial score (nSPS) is 22.1. The van der Waals surface area contributed by atoms with E-state index in [9.17, 15) is 8.42 Å². The smallest absolute Gasteiger partial charge is 0.309 e. The predicted octanol–water partition coefficient (Wildman–Crippen LogP) is -1.27. The molecule has 0 amide bonds. The molecule has 1 aliphatic heterocycles. The average molecular weight is 235 g/mol. The van der Waals surface area contributed by atoms with E-state index in [1.807, 2.05) is 6.92 Å². The first-order chi connectivity index (χ1) is 6.86. The van der Waals surface area contributed by atoms with Gasteiger partial charge in [-0.05, 0) is 13.8 Å². The molecule has 1 aliphatic rings. The molecule has 15 heavy (non-hydrogen) atoms. The molecule has 1 unspecified atom stereocenters. The fourth-order valence-electron chi connectivity index (χ4n) is 1.02. The van der Waals surface area contributed by atoms with Crippen LogP contribution in [0.5, 0.6) is 0 Å². The van der Waals surface area contributed by atoms with Gasteiger partial charge in [-0.3, -0.25) is 9.56 Å². The number of hydrogen-bond acceptors (Lipinski definition) is 7. The summed E-state index contributed by atoms with van der Waals surface area (Å²) in [6.45, 7) is 3.87. The monoisotopic (exact) mass is 235 g/mol. The fourth-order valence-corrected chi connectivity index (χ4v) is 1.69. The van der Waals surface area contributed by atoms with Gasteiger partial charge in [-0.15, -0.1) is 0 Å². The summed E-state index contributed by atoms with van der Waals surface area (Å²) >= 11 is 0. The van der Waals surface area contributed by atoms with Crippen LogP contribution < -0.4 is 11.2 Å². The van der Waals surface area contributed by atoms with E-state index in [1.165, 1.54) is 6.92 Å². The van der Waals surface area contributed by atoms with Crippen molar-refractivity contribution >= 4 is 21.9 Å². The lowest BCUT2D eigenvalue weighted by atomic mass is 10.6. The van der Waals surface area contributed by atoms with Gasteiger partial charge >= 0.3 is 10.1 Å². The Morgan fingerprint density at radius 1 is 1.67 bits per heavy atom. The van der Waals surface area contributed by atoms with Crippen LogP contribution in [0.15, 0.2) is 9.98 Å². The molecule has 1 atom stereocenters. The highest BCUT2D eigenvalue weighted by Gasteiger charge is 2.32. The van der Waals surface area contributed by atoms with Gasteiger partial charge in [0.1, 0.15) is 5.84 Å². The second kappa shape index (κ2) is 4.13. The zero-order valence-electron chi connectivity index (χ0n) is 8.38. The quantitative estimate of drug-likeness (QED) is 0.405. The maximum Gasteiger partial charge on any atom is 0.309 e. The molecular weight excluding hydrogens is 222 g/mol. The molecule has 0 aliphatic carbocycles. The summed E-state index contributed by atoms with van der Waals surface area (Å²) < 4.78 is 30.7. The molecule has 0 bridgehead atoms. The van der Waals surface area contributed by atoms with Gasteiger partial charge in [-0.2, -0.15) is 13.4 Å². The highest BCUT2D eigenvalue weighted by Crippen LogP contribution is 2.09. The van der Waals surface area contributed by atoms with Gasteiger partial charge in [0.2, 0.25) is 5.96 Å². The zero-order chi connectivity index (χ0) is 11.6. The zero-order valence-corrected chi connectivity index (χ0v) is 9.19. The van der Waals surface area contributed by atoms with Crippen molar-refractivity contribution in [3.63, 3.8) is 0 Å². The van der Waals surface area contributed by atoms with Crippen LogP contribution in [0.2, 0.25) is 0 Å². The topological polar surface area (TPSA) is 120 Å². The van der Waals surface area contributed by atoms with Crippen LogP contribution >= 0.6 is 0 Å². The number of amidine groups is 1. The Kier molecular flexibility index (Phi) is 3.27. The van der Waals surface area contributed by atoms with Crippen molar-refractivity contribution in [3.8, 4) is 0 Å². The van der Waals surface area contributed by atoms with E-state index in [0.717, 1.165) is 5.01 Å². The summed E-state index contributed by atoms with van der Waals surface area (Å²) in [6, 6.07) is 0. The number of nitrogens with one attached hydrogen (secondary N) is 1. The Hall–Kier alpha value is -1.19. The predicted molar refractivity (Wildman–Crippen MR) is 55.6 cm³/mol. The Labute approximate surface area is 87.6 Å². The van der Waals surface area contributed by atoms with E-state index in [4.69, 9.17) is 10.4 Å². The minimum atomic E-state index is -4.37. The maximum absolute atomic E-state index is 10.9. The van der Waals surface area contributed by atoms with Gasteiger partial charge in [0.15, 0.2) is 0 Å². The van der Waals surface area contributed by atoms with Crippen LogP contribution in [0, 0.1) is 0 Å². The summed E-state index contributed by atoms with van der Waals surface area (Å²) in [5, 5.41) is 3.53. The molecule has 0 aromatic rings. The molecule has 1 heterocycles. The van der Waals surface area contributed by atoms with Crippen LogP contribution in [-0.4, -0.2) is 41.8 Å². The lowest BCUT2D eigenvalue weighted by Crippen LogP contribution is -2.51. The molecule has 4 N–H and O–H groups in total. The molecular formula is C6H13N5O3S. The first-order valence-corrected chi connectivity index (χ1v) is 5.73. The molecule has 8 nitrogen and oxygen atoms in total. The molecule has 86 valence electrons. The van der Waals surface area contributed by atoms with E-state index in [2.05, 4.69) is 15.3 Å². The molecule has 9 heteroatoms. The van der Waals surface area contributed by atoms with Gasteiger partial charge in [0.05, 0.1) is 0 Å². The third-order valence-corrected chi connectivity index (χ3v) is 2.58. The summed E-state index contributed by atoms with van der Waals surface area (Å²) in [5.41, 5.74) is -1.54. The van der Waals surface area contributed by atoms with E-state index >= 15 is 0 Å². The van der Waals surface area contributed by atoms with Gasteiger partial charge < -0.3 is 5.32 Å². The van der Waals surface area contributed by atoms with Crippen molar-refractivity contribution in [1.82, 2.24) is 10.3 Å². The Bertz CT molecular complexity index is 401. The fraction of sp³-hybridized carbons (Fsp3) is 0.667. The summed E-state index contributed by atoms with van der Waals surface area (Å²) in [7, 11) is -4.37. The molecule has 0 fully saturated rings. The Morgan fingerprint density at radius 2 is 2.27 bits per heavy atom. The first-order valence-electron chi connectivity index (χ1n) is 4.23. The highest BCUT2D eigenvalue weighted by molar-refractivity contribution is 7.86. The summed E-state index contributed by atoms with van der Waals surface area (Å²) in [6.07, 6.45) is 0. The second-order valence-electron chi connectivity index (χ2n) is 2.89. The van der Waals surface area contributed by atoms with Crippen LogP contribution in [0.4, 0.5) is 0 Å². The standard InChI is InChI=1S/C6H13N5O3S/c1-3-8-5-9-4(2)11(7)6(10-5)15(12,13)14/h6H,3,7H2,1-2H3,(H,8,10)(H,12,13,14). The highest BCUT2D eigenvalue weighted by atomic mass is 32.2. The largest absolute Gasteiger partial charge is 0.355 e. The van der Waals surface area contributed by atoms with Crippen molar-refractivity contribution in [2.45, 2.75) is 19.3 Å². The van der Waals surface area contributed by atoms with Gasteiger partial charge in [0.25, 0.3) is 5.50 Å². The van der Waals surface area contributed by atoms with Crippen molar-refractivity contribution in [1.29, 1.82) is 0 Å². The number of aliphatic imine (C=N–C) groups is 2. The van der Waals surface area contributed by atoms with E-state index in [0.29, 0.717) is 6.54 Å². The van der Waals surface area contributed by atoms with E-state index in [1.54, 1.807) is 0 Å². The van der Waals surface area contributed by atoms with Crippen LogP contribution in [0.25, 0.3) is 0 Å². The molecule has 0 spiro atoms. The minimum absolute atomic E-state index is 0.138. The number of hydrogen-bond donors (Lipinski definition) is 3. The molecule has 0 saturated carbocycles. The summed E-state index contributed by atoms with van der Waals surface area (Å²) in [5.74, 6) is 5.79. The Balaban J connectivity index is 3.05. The van der Waals surface area contributed by atoms with E-state index in [-0.39, 0.29) is 11.8 Å². The number of nitrogens with zero attached hydrogens (tertiary/aromatic N) is 3. The van der Waals surface area contributed by atoms with Gasteiger partial charge in [0, 0.05) is 6.54 Å². The third kappa shape index (κ3) is 2.64. The molecule has 0 saturated heterocycles. The van der Waals surface area contributed by atoms with E-state index < -0.39 is 15.6 Å². The third-order valence-electron chi connectivity index (χ3n) is 1.71. The number of guanidine groups is 1. The maximum atomic E-state index is 10.9. The molecule has 0 aromatic heterocycles. The van der Waals surface area contributed by atoms with Crippen molar-refractivity contribution in [2.24, 2.45) is 15.8 Å². The van der Waals surface area contributed by atoms with Crippen LogP contribution in [0.1, 0.15) is 13.8 Å². The SMILES string of the molecule is CCNC1=NC(S(=O)(=O)O)N(N)C(C)=N1. The van der Waals surface area contributed by atoms with Crippen LogP contribution in [-0.2, 0) is 10.1 Å². The second-order valence-corrected chi connectivity index (χ2v) is 4.34. The molecule has 0 radical (unpaired) electrons. The van der Waals surface area contributed by atoms with Crippen LogP contribution in [0.3, 0.4) is 0 Å². The minimum Gasteiger partial charge on any atom is -0.355 e. The van der Waals surface area contributed by atoms with Gasteiger partial charge in [-0.25, -0.2) is 10.8 Å². The first kappa shape index (κ1) is 11.9. The van der Waals surface area contributed by atoms with Gasteiger partial charge in [-0.1, -0.05) is 0 Å². The van der Waals surface area contributed by atoms with Crippen molar-refractivity contribution in [2.75, 3.05) is 6.54 Å². The van der Waals surface area contributed by atoms with Crippen molar-refractivity contribution in [3.05, 3.63) is 0 Å².